The van der Waals surface area contributed by atoms with E-state index in [4.69, 9.17) is 9.47 Å². The second-order valence-corrected chi connectivity index (χ2v) is 12.5. The van der Waals surface area contributed by atoms with Crippen LogP contribution in [0, 0.1) is 40.4 Å². The van der Waals surface area contributed by atoms with Crippen LogP contribution in [0.15, 0.2) is 0 Å². The highest BCUT2D eigenvalue weighted by Gasteiger charge is 2.61. The lowest BCUT2D eigenvalue weighted by Crippen LogP contribution is -2.55. The van der Waals surface area contributed by atoms with Crippen molar-refractivity contribution in [1.29, 1.82) is 0 Å². The van der Waals surface area contributed by atoms with Crippen LogP contribution in [-0.4, -0.2) is 24.1 Å². The maximum Gasteiger partial charge on any atom is 0.309 e. The van der Waals surface area contributed by atoms with Crippen LogP contribution in [-0.2, 0) is 19.1 Å². The molecule has 8 atom stereocenters. The molecule has 5 fully saturated rings. The molecule has 0 radical (unpaired) electrons. The van der Waals surface area contributed by atoms with Crippen LogP contribution < -0.4 is 0 Å². The summed E-state index contributed by atoms with van der Waals surface area (Å²) in [6.07, 6.45) is 16.6. The van der Waals surface area contributed by atoms with E-state index in [1.165, 1.54) is 57.8 Å². The van der Waals surface area contributed by atoms with Gasteiger partial charge in [0.1, 0.15) is 12.2 Å². The third-order valence-corrected chi connectivity index (χ3v) is 11.1. The summed E-state index contributed by atoms with van der Waals surface area (Å²) in [5.74, 6) is 3.09. The van der Waals surface area contributed by atoms with E-state index >= 15 is 0 Å². The Kier molecular flexibility index (Phi) is 6.12. The van der Waals surface area contributed by atoms with E-state index in [-0.39, 0.29) is 35.5 Å². The predicted molar refractivity (Wildman–Crippen MR) is 124 cm³/mol. The summed E-state index contributed by atoms with van der Waals surface area (Å²) in [4.78, 5) is 24.4. The lowest BCUT2D eigenvalue weighted by molar-refractivity contribution is -0.172. The van der Waals surface area contributed by atoms with Gasteiger partial charge in [-0.1, -0.05) is 33.1 Å². The largest absolute Gasteiger partial charge is 0.463 e. The number of ether oxygens (including phenoxy) is 2. The van der Waals surface area contributed by atoms with E-state index in [1.807, 2.05) is 0 Å². The number of esters is 2. The summed E-state index contributed by atoms with van der Waals surface area (Å²) < 4.78 is 11.9. The van der Waals surface area contributed by atoms with Crippen LogP contribution in [0.25, 0.3) is 0 Å². The zero-order valence-electron chi connectivity index (χ0n) is 20.6. The average Bonchev–Trinajstić information content (AvgIpc) is 3.10. The SMILES string of the molecule is CC(=O)O[C@@H]1CC[C@@]2(C)[C@@H](CC[C@@H]3[C@@H]2CC[C@]2(C)[C@@H](OC(=O)C4CCCCC4)CC[C@@H]32)C1. The summed E-state index contributed by atoms with van der Waals surface area (Å²) in [7, 11) is 0. The van der Waals surface area contributed by atoms with E-state index in [0.29, 0.717) is 17.3 Å². The van der Waals surface area contributed by atoms with Gasteiger partial charge in [-0.2, -0.15) is 0 Å². The van der Waals surface area contributed by atoms with E-state index < -0.39 is 0 Å². The molecule has 4 nitrogen and oxygen atoms in total. The van der Waals surface area contributed by atoms with Gasteiger partial charge in [0.05, 0.1) is 5.92 Å². The van der Waals surface area contributed by atoms with Gasteiger partial charge in [-0.3, -0.25) is 9.59 Å². The molecule has 5 rings (SSSR count). The van der Waals surface area contributed by atoms with E-state index in [2.05, 4.69) is 13.8 Å². The minimum Gasteiger partial charge on any atom is -0.463 e. The molecule has 0 heterocycles. The molecule has 0 aromatic heterocycles. The maximum absolute atomic E-state index is 12.9. The minimum absolute atomic E-state index is 0.109. The molecule has 4 heteroatoms. The summed E-state index contributed by atoms with van der Waals surface area (Å²) in [5, 5.41) is 0. The summed E-state index contributed by atoms with van der Waals surface area (Å²) in [5.41, 5.74) is 0.557. The predicted octanol–water partition coefficient (Wildman–Crippen LogP) is 6.45. The molecule has 5 aliphatic carbocycles. The van der Waals surface area contributed by atoms with E-state index in [0.717, 1.165) is 43.9 Å². The van der Waals surface area contributed by atoms with Gasteiger partial charge < -0.3 is 9.47 Å². The van der Waals surface area contributed by atoms with Crippen molar-refractivity contribution in [2.45, 2.75) is 123 Å². The first-order valence-electron chi connectivity index (χ1n) is 13.7. The first kappa shape index (κ1) is 22.7. The summed E-state index contributed by atoms with van der Waals surface area (Å²) in [6.45, 7) is 6.55. The second kappa shape index (κ2) is 8.62. The van der Waals surface area contributed by atoms with Crippen LogP contribution in [0.3, 0.4) is 0 Å². The van der Waals surface area contributed by atoms with Crippen LogP contribution in [0.4, 0.5) is 0 Å². The topological polar surface area (TPSA) is 52.6 Å². The van der Waals surface area contributed by atoms with Crippen molar-refractivity contribution in [2.75, 3.05) is 0 Å². The molecule has 0 spiro atoms. The van der Waals surface area contributed by atoms with Gasteiger partial charge >= 0.3 is 11.9 Å². The molecular weight excluding hydrogens is 400 g/mol. The molecule has 180 valence electrons. The summed E-state index contributed by atoms with van der Waals surface area (Å²) >= 11 is 0. The quantitative estimate of drug-likeness (QED) is 0.469. The number of hydrogen-bond donors (Lipinski definition) is 0. The number of carbonyl (C=O) groups is 2. The summed E-state index contributed by atoms with van der Waals surface area (Å²) in [6, 6.07) is 0. The molecule has 0 aliphatic heterocycles. The molecular formula is C28H44O4. The van der Waals surface area contributed by atoms with Gasteiger partial charge in [0, 0.05) is 12.3 Å². The van der Waals surface area contributed by atoms with Crippen LogP contribution >= 0.6 is 0 Å². The number of rotatable bonds is 3. The van der Waals surface area contributed by atoms with E-state index in [1.54, 1.807) is 6.92 Å². The van der Waals surface area contributed by atoms with Crippen LogP contribution in [0.5, 0.6) is 0 Å². The smallest absolute Gasteiger partial charge is 0.309 e. The molecule has 0 saturated heterocycles. The first-order chi connectivity index (χ1) is 15.3. The Labute approximate surface area is 194 Å². The Hall–Kier alpha value is -1.06. The van der Waals surface area contributed by atoms with Crippen LogP contribution in [0.1, 0.15) is 111 Å². The molecule has 32 heavy (non-hydrogen) atoms. The fourth-order valence-corrected chi connectivity index (χ4v) is 9.28. The molecule has 0 amide bonds. The van der Waals surface area contributed by atoms with Crippen molar-refractivity contribution >= 4 is 11.9 Å². The fourth-order valence-electron chi connectivity index (χ4n) is 9.28. The Morgan fingerprint density at radius 3 is 2.22 bits per heavy atom. The molecule has 0 unspecified atom stereocenters. The van der Waals surface area contributed by atoms with Gasteiger partial charge in [0.15, 0.2) is 0 Å². The molecule has 0 N–H and O–H groups in total. The molecule has 5 aliphatic rings. The molecule has 5 saturated carbocycles. The standard InChI is InChI=1S/C28H44O4/c1-18(29)31-21-13-15-27(2)20(17-21)9-10-22-23-11-12-25(28(23,3)16-14-24(22)27)32-26(30)19-7-5-4-6-8-19/h19-25H,4-17H2,1-3H3/t20-,21+,22-,23-,24-,25-,27-,28-/m0/s1. The third kappa shape index (κ3) is 3.82. The Bertz CT molecular complexity index is 727. The number of carbonyl (C=O) groups excluding carboxylic acids is 2. The van der Waals surface area contributed by atoms with Crippen molar-refractivity contribution in [3.8, 4) is 0 Å². The zero-order valence-corrected chi connectivity index (χ0v) is 20.6. The fraction of sp³-hybridized carbons (Fsp3) is 0.929. The second-order valence-electron chi connectivity index (χ2n) is 12.5. The highest BCUT2D eigenvalue weighted by atomic mass is 16.5. The van der Waals surface area contributed by atoms with Gasteiger partial charge in [-0.15, -0.1) is 0 Å². The van der Waals surface area contributed by atoms with Crippen molar-refractivity contribution in [3.63, 3.8) is 0 Å². The zero-order chi connectivity index (χ0) is 22.5. The van der Waals surface area contributed by atoms with Gasteiger partial charge in [0.25, 0.3) is 0 Å². The maximum atomic E-state index is 12.9. The van der Waals surface area contributed by atoms with Crippen molar-refractivity contribution in [2.24, 2.45) is 40.4 Å². The van der Waals surface area contributed by atoms with E-state index in [9.17, 15) is 9.59 Å². The number of fused-ring (bicyclic) bond motifs is 5. The van der Waals surface area contributed by atoms with Gasteiger partial charge in [-0.25, -0.2) is 0 Å². The van der Waals surface area contributed by atoms with Gasteiger partial charge in [0.2, 0.25) is 0 Å². The first-order valence-corrected chi connectivity index (χ1v) is 13.7. The molecule has 0 bridgehead atoms. The van der Waals surface area contributed by atoms with Crippen LogP contribution in [0.2, 0.25) is 0 Å². The third-order valence-electron chi connectivity index (χ3n) is 11.1. The minimum atomic E-state index is -0.125. The Morgan fingerprint density at radius 2 is 1.47 bits per heavy atom. The normalized spacial score (nSPS) is 46.5. The van der Waals surface area contributed by atoms with Crippen molar-refractivity contribution < 1.29 is 19.1 Å². The Balaban J connectivity index is 1.26. The lowest BCUT2D eigenvalue weighted by atomic mass is 9.45. The van der Waals surface area contributed by atoms with Gasteiger partial charge in [-0.05, 0) is 99.7 Å². The average molecular weight is 445 g/mol. The van der Waals surface area contributed by atoms with Crippen molar-refractivity contribution in [3.05, 3.63) is 0 Å². The Morgan fingerprint density at radius 1 is 0.750 bits per heavy atom. The molecule has 0 aromatic carbocycles. The number of hydrogen-bond acceptors (Lipinski definition) is 4. The van der Waals surface area contributed by atoms with Crippen molar-refractivity contribution in [1.82, 2.24) is 0 Å². The monoisotopic (exact) mass is 444 g/mol. The highest BCUT2D eigenvalue weighted by molar-refractivity contribution is 5.72. The highest BCUT2D eigenvalue weighted by Crippen LogP contribution is 2.66. The molecule has 0 aromatic rings. The lowest BCUT2D eigenvalue weighted by Gasteiger charge is -2.60.